The van der Waals surface area contributed by atoms with E-state index in [1.807, 2.05) is 36.4 Å². The van der Waals surface area contributed by atoms with Crippen LogP contribution in [0.4, 0.5) is 0 Å². The molecule has 0 saturated heterocycles. The van der Waals surface area contributed by atoms with Crippen LogP contribution in [-0.2, 0) is 0 Å². The van der Waals surface area contributed by atoms with Gasteiger partial charge in [0.2, 0.25) is 0 Å². The van der Waals surface area contributed by atoms with Crippen LogP contribution in [0.1, 0.15) is 12.0 Å². The fourth-order valence-corrected chi connectivity index (χ4v) is 1.31. The highest BCUT2D eigenvalue weighted by atomic mass is 79.9. The minimum absolute atomic E-state index is 0.209. The van der Waals surface area contributed by atoms with E-state index in [4.69, 9.17) is 5.11 Å². The SMILES string of the molecule is OCC/C=C\c1ccccc1Br. The van der Waals surface area contributed by atoms with Crippen molar-refractivity contribution in [2.24, 2.45) is 0 Å². The number of hydrogen-bond acceptors (Lipinski definition) is 1. The van der Waals surface area contributed by atoms with Crippen LogP contribution in [0.25, 0.3) is 6.08 Å². The van der Waals surface area contributed by atoms with Crippen LogP contribution in [0, 0.1) is 0 Å². The highest BCUT2D eigenvalue weighted by Crippen LogP contribution is 2.17. The van der Waals surface area contributed by atoms with Crippen LogP contribution in [-0.4, -0.2) is 11.7 Å². The predicted octanol–water partition coefficient (Wildman–Crippen LogP) is 2.84. The number of hydrogen-bond donors (Lipinski definition) is 1. The molecule has 0 aromatic heterocycles. The third-order valence-electron chi connectivity index (χ3n) is 1.50. The van der Waals surface area contributed by atoms with Crippen LogP contribution < -0.4 is 0 Å². The van der Waals surface area contributed by atoms with Gasteiger partial charge in [0, 0.05) is 11.1 Å². The van der Waals surface area contributed by atoms with Gasteiger partial charge in [-0.15, -0.1) is 0 Å². The third-order valence-corrected chi connectivity index (χ3v) is 2.22. The van der Waals surface area contributed by atoms with Crippen LogP contribution in [0.3, 0.4) is 0 Å². The number of benzene rings is 1. The van der Waals surface area contributed by atoms with E-state index in [2.05, 4.69) is 15.9 Å². The Bertz CT molecular complexity index is 268. The number of halogens is 1. The smallest absolute Gasteiger partial charge is 0.0465 e. The number of aliphatic hydroxyl groups is 1. The summed E-state index contributed by atoms with van der Waals surface area (Å²) in [5.74, 6) is 0. The molecule has 0 heterocycles. The Morgan fingerprint density at radius 2 is 2.08 bits per heavy atom. The monoisotopic (exact) mass is 226 g/mol. The van der Waals surface area contributed by atoms with E-state index in [1.165, 1.54) is 0 Å². The van der Waals surface area contributed by atoms with E-state index >= 15 is 0 Å². The molecule has 0 unspecified atom stereocenters. The second kappa shape index (κ2) is 5.12. The molecule has 2 heteroatoms. The molecule has 0 radical (unpaired) electrons. The van der Waals surface area contributed by atoms with Crippen molar-refractivity contribution in [3.8, 4) is 0 Å². The third kappa shape index (κ3) is 2.80. The van der Waals surface area contributed by atoms with Gasteiger partial charge in [-0.05, 0) is 18.1 Å². The van der Waals surface area contributed by atoms with E-state index in [-0.39, 0.29) is 6.61 Å². The molecular formula is C10H11BrO. The van der Waals surface area contributed by atoms with Gasteiger partial charge in [-0.1, -0.05) is 46.3 Å². The maximum Gasteiger partial charge on any atom is 0.0465 e. The minimum atomic E-state index is 0.209. The Kier molecular flexibility index (Phi) is 4.05. The van der Waals surface area contributed by atoms with E-state index in [1.54, 1.807) is 0 Å². The topological polar surface area (TPSA) is 20.2 Å². The minimum Gasteiger partial charge on any atom is -0.396 e. The molecule has 0 aliphatic carbocycles. The zero-order valence-electron chi connectivity index (χ0n) is 6.70. The first-order valence-corrected chi connectivity index (χ1v) is 4.66. The average Bonchev–Trinajstić information content (AvgIpc) is 2.09. The van der Waals surface area contributed by atoms with Gasteiger partial charge in [-0.25, -0.2) is 0 Å². The molecule has 1 nitrogen and oxygen atoms in total. The van der Waals surface area contributed by atoms with Crippen LogP contribution in [0.2, 0.25) is 0 Å². The van der Waals surface area contributed by atoms with Gasteiger partial charge in [-0.3, -0.25) is 0 Å². The molecule has 0 aliphatic heterocycles. The maximum atomic E-state index is 8.55. The largest absolute Gasteiger partial charge is 0.396 e. The fraction of sp³-hybridized carbons (Fsp3) is 0.200. The molecule has 1 N–H and O–H groups in total. The van der Waals surface area contributed by atoms with Gasteiger partial charge in [-0.2, -0.15) is 0 Å². The average molecular weight is 227 g/mol. The van der Waals surface area contributed by atoms with Gasteiger partial charge in [0.1, 0.15) is 0 Å². The lowest BCUT2D eigenvalue weighted by atomic mass is 10.2. The molecule has 0 saturated carbocycles. The van der Waals surface area contributed by atoms with Gasteiger partial charge in [0.25, 0.3) is 0 Å². The van der Waals surface area contributed by atoms with Crippen LogP contribution in [0.5, 0.6) is 0 Å². The molecule has 0 spiro atoms. The molecule has 64 valence electrons. The van der Waals surface area contributed by atoms with E-state index in [0.717, 1.165) is 10.0 Å². The second-order valence-electron chi connectivity index (χ2n) is 2.44. The molecule has 0 fully saturated rings. The summed E-state index contributed by atoms with van der Waals surface area (Å²) in [6, 6.07) is 7.99. The highest BCUT2D eigenvalue weighted by molar-refractivity contribution is 9.10. The Morgan fingerprint density at radius 1 is 1.33 bits per heavy atom. The highest BCUT2D eigenvalue weighted by Gasteiger charge is 1.90. The summed E-state index contributed by atoms with van der Waals surface area (Å²) in [5.41, 5.74) is 1.14. The van der Waals surface area contributed by atoms with Crippen molar-refractivity contribution in [3.63, 3.8) is 0 Å². The summed E-state index contributed by atoms with van der Waals surface area (Å²) in [5, 5.41) is 8.55. The Balaban J connectivity index is 2.68. The quantitative estimate of drug-likeness (QED) is 0.841. The summed E-state index contributed by atoms with van der Waals surface area (Å²) >= 11 is 3.43. The normalized spacial score (nSPS) is 10.8. The van der Waals surface area contributed by atoms with Crippen molar-refractivity contribution in [3.05, 3.63) is 40.4 Å². The maximum absolute atomic E-state index is 8.55. The van der Waals surface area contributed by atoms with Gasteiger partial charge < -0.3 is 5.11 Å². The standard InChI is InChI=1S/C10H11BrO/c11-10-7-2-1-5-9(10)6-3-4-8-12/h1-3,5-7,12H,4,8H2/b6-3-. The van der Waals surface area contributed by atoms with E-state index in [9.17, 15) is 0 Å². The lowest BCUT2D eigenvalue weighted by Gasteiger charge is -1.95. The zero-order valence-corrected chi connectivity index (χ0v) is 8.29. The molecule has 1 rings (SSSR count). The Labute approximate surface area is 80.9 Å². The first kappa shape index (κ1) is 9.49. The van der Waals surface area contributed by atoms with Gasteiger partial charge >= 0.3 is 0 Å². The van der Waals surface area contributed by atoms with Crippen molar-refractivity contribution in [1.82, 2.24) is 0 Å². The van der Waals surface area contributed by atoms with Crippen LogP contribution in [0.15, 0.2) is 34.8 Å². The number of rotatable bonds is 3. The van der Waals surface area contributed by atoms with Crippen molar-refractivity contribution in [1.29, 1.82) is 0 Å². The summed E-state index contributed by atoms with van der Waals surface area (Å²) in [4.78, 5) is 0. The Morgan fingerprint density at radius 3 is 2.75 bits per heavy atom. The fourth-order valence-electron chi connectivity index (χ4n) is 0.895. The van der Waals surface area contributed by atoms with Crippen molar-refractivity contribution in [2.45, 2.75) is 6.42 Å². The predicted molar refractivity (Wildman–Crippen MR) is 54.9 cm³/mol. The molecule has 1 aromatic carbocycles. The van der Waals surface area contributed by atoms with Crippen LogP contribution >= 0.6 is 15.9 Å². The lowest BCUT2D eigenvalue weighted by Crippen LogP contribution is -1.77. The number of aliphatic hydroxyl groups excluding tert-OH is 1. The van der Waals surface area contributed by atoms with Gasteiger partial charge in [0.05, 0.1) is 0 Å². The van der Waals surface area contributed by atoms with E-state index < -0.39 is 0 Å². The molecule has 0 bridgehead atoms. The summed E-state index contributed by atoms with van der Waals surface area (Å²) in [7, 11) is 0. The molecule has 0 aliphatic rings. The van der Waals surface area contributed by atoms with Crippen molar-refractivity contribution < 1.29 is 5.11 Å². The molecule has 0 amide bonds. The molecular weight excluding hydrogens is 216 g/mol. The first-order valence-electron chi connectivity index (χ1n) is 3.86. The summed E-state index contributed by atoms with van der Waals surface area (Å²) in [6.07, 6.45) is 4.67. The molecule has 0 atom stereocenters. The Hall–Kier alpha value is -0.600. The van der Waals surface area contributed by atoms with Crippen molar-refractivity contribution >= 4 is 22.0 Å². The van der Waals surface area contributed by atoms with Gasteiger partial charge in [0.15, 0.2) is 0 Å². The zero-order chi connectivity index (χ0) is 8.81. The van der Waals surface area contributed by atoms with Crippen molar-refractivity contribution in [2.75, 3.05) is 6.61 Å². The molecule has 1 aromatic rings. The summed E-state index contributed by atoms with van der Waals surface area (Å²) in [6.45, 7) is 0.209. The molecule has 12 heavy (non-hydrogen) atoms. The summed E-state index contributed by atoms with van der Waals surface area (Å²) < 4.78 is 1.08. The van der Waals surface area contributed by atoms with E-state index in [0.29, 0.717) is 6.42 Å². The first-order chi connectivity index (χ1) is 5.84. The lowest BCUT2D eigenvalue weighted by molar-refractivity contribution is 0.303. The second-order valence-corrected chi connectivity index (χ2v) is 3.29.